The van der Waals surface area contributed by atoms with E-state index in [4.69, 9.17) is 9.47 Å². The van der Waals surface area contributed by atoms with Crippen molar-refractivity contribution in [2.45, 2.75) is 59.0 Å². The van der Waals surface area contributed by atoms with Gasteiger partial charge >= 0.3 is 6.09 Å². The molecule has 1 atom stereocenters. The molecule has 0 unspecified atom stereocenters. The van der Waals surface area contributed by atoms with Crippen molar-refractivity contribution in [1.29, 1.82) is 0 Å². The largest absolute Gasteiger partial charge is 0.444 e. The molecule has 0 aliphatic heterocycles. The van der Waals surface area contributed by atoms with Gasteiger partial charge in [-0.3, -0.25) is 0 Å². The predicted octanol–water partition coefficient (Wildman–Crippen LogP) is 1.64. The lowest BCUT2D eigenvalue weighted by Gasteiger charge is -2.25. The maximum atomic E-state index is 11.2. The molecule has 0 aliphatic carbocycles. The number of nitrogens with one attached hydrogen (secondary N) is 1. The van der Waals surface area contributed by atoms with Gasteiger partial charge in [0.2, 0.25) is 0 Å². The number of hydrogen-bond donors (Lipinski definition) is 2. The molecule has 5 heteroatoms. The Morgan fingerprint density at radius 1 is 1.19 bits per heavy atom. The van der Waals surface area contributed by atoms with E-state index in [1.165, 1.54) is 0 Å². The first kappa shape index (κ1) is 15.2. The molecule has 0 heterocycles. The minimum absolute atomic E-state index is 0.00613. The van der Waals surface area contributed by atoms with Crippen molar-refractivity contribution in [2.75, 3.05) is 6.54 Å². The second-order valence-electron chi connectivity index (χ2n) is 5.57. The predicted molar refractivity (Wildman–Crippen MR) is 61.1 cm³/mol. The average Bonchev–Trinajstić information content (AvgIpc) is 1.94. The highest BCUT2D eigenvalue weighted by atomic mass is 16.6. The van der Waals surface area contributed by atoms with E-state index in [-0.39, 0.29) is 6.54 Å². The maximum Gasteiger partial charge on any atom is 0.407 e. The Morgan fingerprint density at radius 2 is 1.69 bits per heavy atom. The Kier molecular flexibility index (Phi) is 5.22. The van der Waals surface area contributed by atoms with E-state index in [1.807, 2.05) is 20.8 Å². The third-order valence-electron chi connectivity index (χ3n) is 1.31. The standard InChI is InChI=1S/C11H23NO4/c1-10(2,3)15-8(13)7-12-9(14)16-11(4,5)6/h8,13H,7H2,1-6H3,(H,12,14)/t8-/m1/s1. The van der Waals surface area contributed by atoms with Crippen molar-refractivity contribution in [1.82, 2.24) is 5.32 Å². The molecule has 5 nitrogen and oxygen atoms in total. The fourth-order valence-electron chi connectivity index (χ4n) is 0.935. The molecule has 16 heavy (non-hydrogen) atoms. The number of hydrogen-bond acceptors (Lipinski definition) is 4. The lowest BCUT2D eigenvalue weighted by molar-refractivity contribution is -0.161. The van der Waals surface area contributed by atoms with Crippen LogP contribution < -0.4 is 5.32 Å². The van der Waals surface area contributed by atoms with Gasteiger partial charge in [-0.25, -0.2) is 4.79 Å². The van der Waals surface area contributed by atoms with Crippen molar-refractivity contribution in [3.63, 3.8) is 0 Å². The van der Waals surface area contributed by atoms with Crippen LogP contribution in [0.5, 0.6) is 0 Å². The van der Waals surface area contributed by atoms with Gasteiger partial charge in [0.05, 0.1) is 12.1 Å². The fraction of sp³-hybridized carbons (Fsp3) is 0.909. The van der Waals surface area contributed by atoms with E-state index < -0.39 is 23.6 Å². The van der Waals surface area contributed by atoms with Gasteiger partial charge in [0.15, 0.2) is 6.29 Å². The monoisotopic (exact) mass is 233 g/mol. The number of amides is 1. The number of ether oxygens (including phenoxy) is 2. The minimum Gasteiger partial charge on any atom is -0.444 e. The molecule has 0 aliphatic rings. The minimum atomic E-state index is -1.03. The van der Waals surface area contributed by atoms with Gasteiger partial charge in [0.1, 0.15) is 5.60 Å². The quantitative estimate of drug-likeness (QED) is 0.727. The zero-order chi connectivity index (χ0) is 13.0. The van der Waals surface area contributed by atoms with Crippen molar-refractivity contribution in [2.24, 2.45) is 0 Å². The molecule has 0 saturated carbocycles. The molecule has 0 aromatic heterocycles. The van der Waals surface area contributed by atoms with Gasteiger partial charge in [0, 0.05) is 0 Å². The smallest absolute Gasteiger partial charge is 0.407 e. The highest BCUT2D eigenvalue weighted by molar-refractivity contribution is 5.67. The molecule has 0 fully saturated rings. The fourth-order valence-corrected chi connectivity index (χ4v) is 0.935. The van der Waals surface area contributed by atoms with Crippen molar-refractivity contribution in [3.05, 3.63) is 0 Å². The number of aliphatic hydroxyl groups is 1. The second-order valence-corrected chi connectivity index (χ2v) is 5.57. The number of alkyl carbamates (subject to hydrolysis) is 1. The zero-order valence-electron chi connectivity index (χ0n) is 11.0. The van der Waals surface area contributed by atoms with Crippen LogP contribution in [0.15, 0.2) is 0 Å². The third-order valence-corrected chi connectivity index (χ3v) is 1.31. The van der Waals surface area contributed by atoms with Crippen LogP contribution in [0.4, 0.5) is 4.79 Å². The Balaban J connectivity index is 3.85. The molecular weight excluding hydrogens is 210 g/mol. The van der Waals surface area contributed by atoms with Gasteiger partial charge in [-0.1, -0.05) is 0 Å². The number of carbonyl (C=O) groups is 1. The van der Waals surface area contributed by atoms with Crippen molar-refractivity contribution in [3.8, 4) is 0 Å². The number of aliphatic hydroxyl groups excluding tert-OH is 1. The summed E-state index contributed by atoms with van der Waals surface area (Å²) >= 11 is 0. The molecule has 0 spiro atoms. The van der Waals surface area contributed by atoms with Crippen LogP contribution in [0.2, 0.25) is 0 Å². The zero-order valence-corrected chi connectivity index (χ0v) is 11.0. The summed E-state index contributed by atoms with van der Waals surface area (Å²) in [5.41, 5.74) is -0.991. The summed E-state index contributed by atoms with van der Waals surface area (Å²) in [6.45, 7) is 10.8. The normalized spacial score (nSPS) is 14.4. The molecule has 0 aromatic rings. The first-order chi connectivity index (χ1) is 6.99. The van der Waals surface area contributed by atoms with E-state index in [1.54, 1.807) is 20.8 Å². The molecule has 0 radical (unpaired) electrons. The van der Waals surface area contributed by atoms with Crippen LogP contribution in [-0.4, -0.2) is 35.2 Å². The van der Waals surface area contributed by atoms with Crippen LogP contribution in [-0.2, 0) is 9.47 Å². The van der Waals surface area contributed by atoms with Gasteiger partial charge < -0.3 is 19.9 Å². The molecular formula is C11H23NO4. The summed E-state index contributed by atoms with van der Waals surface area (Å²) in [5, 5.41) is 11.9. The van der Waals surface area contributed by atoms with Crippen LogP contribution >= 0.6 is 0 Å². The van der Waals surface area contributed by atoms with E-state index in [2.05, 4.69) is 5.32 Å². The Labute approximate surface area is 97.1 Å². The summed E-state index contributed by atoms with van der Waals surface area (Å²) in [7, 11) is 0. The Bertz CT molecular complexity index is 227. The van der Waals surface area contributed by atoms with Crippen molar-refractivity contribution < 1.29 is 19.4 Å². The summed E-state index contributed by atoms with van der Waals surface area (Å²) in [6, 6.07) is 0. The molecule has 0 saturated heterocycles. The van der Waals surface area contributed by atoms with E-state index >= 15 is 0 Å². The average molecular weight is 233 g/mol. The highest BCUT2D eigenvalue weighted by Gasteiger charge is 2.19. The van der Waals surface area contributed by atoms with Gasteiger partial charge in [-0.15, -0.1) is 0 Å². The highest BCUT2D eigenvalue weighted by Crippen LogP contribution is 2.09. The SMILES string of the molecule is CC(C)(C)OC(=O)NC[C@H](O)OC(C)(C)C. The molecule has 2 N–H and O–H groups in total. The van der Waals surface area contributed by atoms with E-state index in [9.17, 15) is 9.90 Å². The Morgan fingerprint density at radius 3 is 2.06 bits per heavy atom. The van der Waals surface area contributed by atoms with Crippen LogP contribution in [0.25, 0.3) is 0 Å². The van der Waals surface area contributed by atoms with Gasteiger partial charge in [-0.05, 0) is 41.5 Å². The topological polar surface area (TPSA) is 67.8 Å². The molecule has 0 aromatic carbocycles. The van der Waals surface area contributed by atoms with Crippen LogP contribution in [0, 0.1) is 0 Å². The number of rotatable bonds is 3. The molecule has 96 valence electrons. The second kappa shape index (κ2) is 5.50. The van der Waals surface area contributed by atoms with Gasteiger partial charge in [-0.2, -0.15) is 0 Å². The first-order valence-corrected chi connectivity index (χ1v) is 5.32. The summed E-state index contributed by atoms with van der Waals surface area (Å²) in [4.78, 5) is 11.2. The van der Waals surface area contributed by atoms with Crippen LogP contribution in [0.3, 0.4) is 0 Å². The third kappa shape index (κ3) is 9.73. The molecule has 1 amide bonds. The Hall–Kier alpha value is -0.810. The van der Waals surface area contributed by atoms with Crippen LogP contribution in [0.1, 0.15) is 41.5 Å². The lowest BCUT2D eigenvalue weighted by Crippen LogP contribution is -2.40. The molecule has 0 rings (SSSR count). The maximum absolute atomic E-state index is 11.2. The van der Waals surface area contributed by atoms with Crippen molar-refractivity contribution >= 4 is 6.09 Å². The molecule has 0 bridgehead atoms. The lowest BCUT2D eigenvalue weighted by atomic mass is 10.2. The van der Waals surface area contributed by atoms with E-state index in [0.29, 0.717) is 0 Å². The summed E-state index contributed by atoms with van der Waals surface area (Å²) < 4.78 is 10.2. The van der Waals surface area contributed by atoms with Gasteiger partial charge in [0.25, 0.3) is 0 Å². The number of carbonyl (C=O) groups excluding carboxylic acids is 1. The summed E-state index contributed by atoms with van der Waals surface area (Å²) in [6.07, 6.45) is -1.60. The summed E-state index contributed by atoms with van der Waals surface area (Å²) in [5.74, 6) is 0. The van der Waals surface area contributed by atoms with E-state index in [0.717, 1.165) is 0 Å². The first-order valence-electron chi connectivity index (χ1n) is 5.32.